The summed E-state index contributed by atoms with van der Waals surface area (Å²) in [5, 5.41) is 2.55. The van der Waals surface area contributed by atoms with E-state index in [2.05, 4.69) is 5.32 Å². The standard InChI is InChI=1S/C16H9F2NO3/c17-8-5-6-12-10(7-8)16(15(21)19-12)14(22-16)13(20)9-3-1-2-4-11(9)18/h1-7,14H,(H,19,21)/t14-,16-/m1/s1. The van der Waals surface area contributed by atoms with E-state index >= 15 is 0 Å². The number of benzene rings is 2. The molecule has 1 spiro atoms. The summed E-state index contributed by atoms with van der Waals surface area (Å²) in [4.78, 5) is 24.5. The molecule has 6 heteroatoms. The van der Waals surface area contributed by atoms with Crippen LogP contribution >= 0.6 is 0 Å². The van der Waals surface area contributed by atoms with Crippen LogP contribution in [0.1, 0.15) is 15.9 Å². The monoisotopic (exact) mass is 301 g/mol. The Morgan fingerprint density at radius 2 is 1.95 bits per heavy atom. The number of carbonyl (C=O) groups excluding carboxylic acids is 2. The molecule has 110 valence electrons. The molecule has 2 aliphatic heterocycles. The lowest BCUT2D eigenvalue weighted by atomic mass is 9.92. The fraction of sp³-hybridized carbons (Fsp3) is 0.125. The summed E-state index contributed by atoms with van der Waals surface area (Å²) in [7, 11) is 0. The number of ketones is 1. The van der Waals surface area contributed by atoms with Gasteiger partial charge in [-0.15, -0.1) is 0 Å². The molecule has 0 unspecified atom stereocenters. The van der Waals surface area contributed by atoms with E-state index in [0.717, 1.165) is 12.1 Å². The summed E-state index contributed by atoms with van der Waals surface area (Å²) in [6.45, 7) is 0. The Kier molecular flexibility index (Phi) is 2.50. The van der Waals surface area contributed by atoms with Gasteiger partial charge in [-0.3, -0.25) is 9.59 Å². The summed E-state index contributed by atoms with van der Waals surface area (Å²) in [5.74, 6) is -2.40. The molecule has 0 aromatic heterocycles. The molecule has 0 aliphatic carbocycles. The van der Waals surface area contributed by atoms with E-state index in [4.69, 9.17) is 4.74 Å². The zero-order valence-electron chi connectivity index (χ0n) is 11.1. The first-order chi connectivity index (χ1) is 10.5. The molecule has 1 saturated heterocycles. The van der Waals surface area contributed by atoms with Gasteiger partial charge in [-0.25, -0.2) is 8.78 Å². The number of hydrogen-bond acceptors (Lipinski definition) is 3. The minimum absolute atomic E-state index is 0.151. The van der Waals surface area contributed by atoms with Gasteiger partial charge in [0.25, 0.3) is 5.91 Å². The minimum atomic E-state index is -1.54. The van der Waals surface area contributed by atoms with Crippen LogP contribution in [0.5, 0.6) is 0 Å². The molecule has 22 heavy (non-hydrogen) atoms. The molecule has 1 fully saturated rings. The van der Waals surface area contributed by atoms with Crippen molar-refractivity contribution in [3.05, 3.63) is 65.2 Å². The first kappa shape index (κ1) is 13.1. The normalized spacial score (nSPS) is 25.0. The van der Waals surface area contributed by atoms with Crippen LogP contribution in [0.4, 0.5) is 14.5 Å². The Morgan fingerprint density at radius 3 is 2.73 bits per heavy atom. The molecule has 1 N–H and O–H groups in total. The van der Waals surface area contributed by atoms with Gasteiger partial charge in [0.1, 0.15) is 11.6 Å². The number of anilines is 1. The first-order valence-electron chi connectivity index (χ1n) is 6.62. The molecular formula is C16H9F2NO3. The highest BCUT2D eigenvalue weighted by atomic mass is 19.1. The maximum atomic E-state index is 13.7. The first-order valence-corrected chi connectivity index (χ1v) is 6.62. The highest BCUT2D eigenvalue weighted by molar-refractivity contribution is 6.15. The molecule has 4 nitrogen and oxygen atoms in total. The molecule has 4 rings (SSSR count). The van der Waals surface area contributed by atoms with Gasteiger partial charge in [0.15, 0.2) is 11.9 Å². The minimum Gasteiger partial charge on any atom is -0.342 e. The van der Waals surface area contributed by atoms with Crippen molar-refractivity contribution in [1.82, 2.24) is 0 Å². The second-order valence-corrected chi connectivity index (χ2v) is 5.22. The number of amides is 1. The quantitative estimate of drug-likeness (QED) is 0.684. The van der Waals surface area contributed by atoms with Crippen molar-refractivity contribution in [2.45, 2.75) is 11.7 Å². The van der Waals surface area contributed by atoms with E-state index < -0.39 is 35.0 Å². The fourth-order valence-electron chi connectivity index (χ4n) is 2.84. The van der Waals surface area contributed by atoms with Gasteiger partial charge in [-0.2, -0.15) is 0 Å². The number of nitrogens with one attached hydrogen (secondary N) is 1. The van der Waals surface area contributed by atoms with E-state index in [0.29, 0.717) is 5.69 Å². The summed E-state index contributed by atoms with van der Waals surface area (Å²) >= 11 is 0. The topological polar surface area (TPSA) is 58.7 Å². The van der Waals surface area contributed by atoms with Crippen molar-refractivity contribution in [2.24, 2.45) is 0 Å². The lowest BCUT2D eigenvalue weighted by Crippen LogP contribution is -2.27. The number of ether oxygens (including phenoxy) is 1. The largest absolute Gasteiger partial charge is 0.342 e. The van der Waals surface area contributed by atoms with Crippen LogP contribution < -0.4 is 5.32 Å². The predicted octanol–water partition coefficient (Wildman–Crippen LogP) is 2.39. The van der Waals surface area contributed by atoms with Crippen LogP contribution in [-0.4, -0.2) is 17.8 Å². The van der Waals surface area contributed by atoms with Gasteiger partial charge in [-0.05, 0) is 30.3 Å². The van der Waals surface area contributed by atoms with Crippen molar-refractivity contribution in [3.8, 4) is 0 Å². The van der Waals surface area contributed by atoms with Gasteiger partial charge in [0.05, 0.1) is 5.56 Å². The predicted molar refractivity (Wildman–Crippen MR) is 72.3 cm³/mol. The number of fused-ring (bicyclic) bond motifs is 2. The average Bonchev–Trinajstić information content (AvgIpc) is 3.19. The second kappa shape index (κ2) is 4.20. The lowest BCUT2D eigenvalue weighted by molar-refractivity contribution is -0.120. The molecule has 0 saturated carbocycles. The molecule has 2 aromatic rings. The van der Waals surface area contributed by atoms with Gasteiger partial charge in [-0.1, -0.05) is 12.1 Å². The fourth-order valence-corrected chi connectivity index (χ4v) is 2.84. The van der Waals surface area contributed by atoms with Crippen LogP contribution in [0.2, 0.25) is 0 Å². The van der Waals surface area contributed by atoms with E-state index in [1.54, 1.807) is 0 Å². The number of halogens is 2. The van der Waals surface area contributed by atoms with Crippen molar-refractivity contribution in [1.29, 1.82) is 0 Å². The van der Waals surface area contributed by atoms with Crippen LogP contribution in [0.15, 0.2) is 42.5 Å². The van der Waals surface area contributed by atoms with E-state index in [9.17, 15) is 18.4 Å². The maximum absolute atomic E-state index is 13.7. The average molecular weight is 301 g/mol. The molecule has 0 bridgehead atoms. The van der Waals surface area contributed by atoms with Crippen molar-refractivity contribution in [2.75, 3.05) is 5.32 Å². The van der Waals surface area contributed by atoms with Gasteiger partial charge in [0, 0.05) is 11.3 Å². The molecular weight excluding hydrogens is 292 g/mol. The zero-order chi connectivity index (χ0) is 15.5. The summed E-state index contributed by atoms with van der Waals surface area (Å²) in [6, 6.07) is 9.23. The zero-order valence-corrected chi connectivity index (χ0v) is 11.1. The van der Waals surface area contributed by atoms with Crippen LogP contribution in [0.3, 0.4) is 0 Å². The second-order valence-electron chi connectivity index (χ2n) is 5.22. The van der Waals surface area contributed by atoms with Crippen molar-refractivity contribution in [3.63, 3.8) is 0 Å². The third-order valence-electron chi connectivity index (χ3n) is 3.96. The molecule has 2 aromatic carbocycles. The van der Waals surface area contributed by atoms with Crippen LogP contribution in [-0.2, 0) is 15.1 Å². The molecule has 0 radical (unpaired) electrons. The number of carbonyl (C=O) groups is 2. The van der Waals surface area contributed by atoms with Crippen molar-refractivity contribution >= 4 is 17.4 Å². The number of rotatable bonds is 2. The van der Waals surface area contributed by atoms with Gasteiger partial charge in [0.2, 0.25) is 5.60 Å². The van der Waals surface area contributed by atoms with Gasteiger partial charge >= 0.3 is 0 Å². The van der Waals surface area contributed by atoms with E-state index in [-0.39, 0.29) is 11.1 Å². The number of Topliss-reactive ketones (excluding diaryl/α,β-unsaturated/α-hetero) is 1. The van der Waals surface area contributed by atoms with Gasteiger partial charge < -0.3 is 10.1 Å². The molecule has 1 amide bonds. The number of epoxide rings is 1. The van der Waals surface area contributed by atoms with Crippen LogP contribution in [0.25, 0.3) is 0 Å². The smallest absolute Gasteiger partial charge is 0.264 e. The maximum Gasteiger partial charge on any atom is 0.264 e. The van der Waals surface area contributed by atoms with Crippen molar-refractivity contribution < 1.29 is 23.1 Å². The highest BCUT2D eigenvalue weighted by Gasteiger charge is 2.70. The van der Waals surface area contributed by atoms with E-state index in [1.807, 2.05) is 0 Å². The Hall–Kier alpha value is -2.60. The Morgan fingerprint density at radius 1 is 1.18 bits per heavy atom. The summed E-state index contributed by atoms with van der Waals surface area (Å²) in [5.41, 5.74) is -1.03. The third kappa shape index (κ3) is 1.58. The SMILES string of the molecule is O=C(c1ccccc1F)[C@H]1O[C@@]12C(=O)Nc1ccc(F)cc12. The summed E-state index contributed by atoms with van der Waals surface area (Å²) < 4.78 is 32.5. The Labute approximate surface area is 123 Å². The molecule has 2 heterocycles. The molecule has 2 aliphatic rings. The highest BCUT2D eigenvalue weighted by Crippen LogP contribution is 2.54. The molecule has 2 atom stereocenters. The lowest BCUT2D eigenvalue weighted by Gasteiger charge is -2.03. The third-order valence-corrected chi connectivity index (χ3v) is 3.96. The van der Waals surface area contributed by atoms with Crippen LogP contribution in [0, 0.1) is 11.6 Å². The number of hydrogen-bond donors (Lipinski definition) is 1. The summed E-state index contributed by atoms with van der Waals surface area (Å²) in [6.07, 6.45) is -1.15. The Balaban J connectivity index is 1.75. The Bertz CT molecular complexity index is 836. The van der Waals surface area contributed by atoms with E-state index in [1.165, 1.54) is 30.3 Å².